The van der Waals surface area contributed by atoms with Gasteiger partial charge in [-0.15, -0.1) is 0 Å². The largest absolute Gasteiger partial charge is 0.416 e. The number of nitrogens with zero attached hydrogens (tertiary/aromatic N) is 3. The molecule has 1 aliphatic rings. The fourth-order valence-corrected chi connectivity index (χ4v) is 3.64. The molecule has 10 heteroatoms. The first kappa shape index (κ1) is 22.5. The molecule has 31 heavy (non-hydrogen) atoms. The highest BCUT2D eigenvalue weighted by Crippen LogP contribution is 2.31. The molecule has 0 unspecified atom stereocenters. The molecule has 2 aromatic rings. The first-order valence-corrected chi connectivity index (χ1v) is 9.93. The lowest BCUT2D eigenvalue weighted by Crippen LogP contribution is -2.36. The van der Waals surface area contributed by atoms with Crippen LogP contribution in [-0.2, 0) is 15.8 Å². The summed E-state index contributed by atoms with van der Waals surface area (Å²) in [5.74, 6) is -1.80. The first-order chi connectivity index (χ1) is 14.6. The van der Waals surface area contributed by atoms with Gasteiger partial charge in [-0.1, -0.05) is 6.07 Å². The summed E-state index contributed by atoms with van der Waals surface area (Å²) in [5, 5.41) is 6.60. The van der Waals surface area contributed by atoms with E-state index in [-0.39, 0.29) is 41.5 Å². The number of aromatic nitrogens is 2. The lowest BCUT2D eigenvalue weighted by atomic mass is 10.1. The molecular formula is C21H23F3N4O3. The summed E-state index contributed by atoms with van der Waals surface area (Å²) in [6.07, 6.45) is -2.49. The van der Waals surface area contributed by atoms with Crippen LogP contribution in [0.4, 0.5) is 13.2 Å². The molecule has 2 amide bonds. The average molecular weight is 436 g/mol. The van der Waals surface area contributed by atoms with Crippen molar-refractivity contribution in [2.45, 2.75) is 39.3 Å². The third-order valence-corrected chi connectivity index (χ3v) is 5.23. The Balaban J connectivity index is 1.71. The summed E-state index contributed by atoms with van der Waals surface area (Å²) in [6, 6.07) is 4.56. The van der Waals surface area contributed by atoms with Crippen molar-refractivity contribution in [2.24, 2.45) is 0 Å². The Bertz CT molecular complexity index is 1010. The Morgan fingerprint density at radius 1 is 1.13 bits per heavy atom. The van der Waals surface area contributed by atoms with Crippen LogP contribution in [0.15, 0.2) is 24.3 Å². The minimum absolute atomic E-state index is 0.0275. The van der Waals surface area contributed by atoms with E-state index in [1.165, 1.54) is 30.7 Å². The van der Waals surface area contributed by atoms with Crippen LogP contribution < -0.4 is 5.32 Å². The number of amides is 2. The fraction of sp³-hybridized carbons (Fsp3) is 0.429. The molecule has 166 valence electrons. The van der Waals surface area contributed by atoms with Crippen LogP contribution in [-0.4, -0.2) is 51.9 Å². The molecule has 2 heterocycles. The molecule has 0 radical (unpaired) electrons. The van der Waals surface area contributed by atoms with Crippen molar-refractivity contribution < 1.29 is 27.6 Å². The van der Waals surface area contributed by atoms with Crippen LogP contribution in [0.5, 0.6) is 0 Å². The summed E-state index contributed by atoms with van der Waals surface area (Å²) in [7, 11) is 0. The Morgan fingerprint density at radius 2 is 1.81 bits per heavy atom. The van der Waals surface area contributed by atoms with Crippen molar-refractivity contribution in [3.05, 3.63) is 46.8 Å². The highest BCUT2D eigenvalue weighted by Gasteiger charge is 2.31. The van der Waals surface area contributed by atoms with Gasteiger partial charge in [-0.3, -0.25) is 14.4 Å². The topological polar surface area (TPSA) is 84.3 Å². The molecule has 7 nitrogen and oxygen atoms in total. The van der Waals surface area contributed by atoms with Crippen molar-refractivity contribution in [3.8, 4) is 5.69 Å². The molecule has 1 fully saturated rings. The summed E-state index contributed by atoms with van der Waals surface area (Å²) >= 11 is 0. The number of hydrogen-bond donors (Lipinski definition) is 1. The molecule has 0 bridgehead atoms. The lowest BCUT2D eigenvalue weighted by Gasteiger charge is -2.15. The molecule has 0 saturated carbocycles. The summed E-state index contributed by atoms with van der Waals surface area (Å²) in [5.41, 5.74) is -0.203. The SMILES string of the molecule is Cc1nn(-c2cccc(C(F)(F)F)c2)c(C)c1C(=O)C(=O)NCCC(=O)N1CCCC1. The molecule has 1 aromatic carbocycles. The number of alkyl halides is 3. The van der Waals surface area contributed by atoms with Crippen molar-refractivity contribution >= 4 is 17.6 Å². The molecule has 0 aliphatic carbocycles. The van der Waals surface area contributed by atoms with Gasteiger partial charge < -0.3 is 10.2 Å². The Kier molecular flexibility index (Phi) is 6.47. The Labute approximate surface area is 177 Å². The highest BCUT2D eigenvalue weighted by atomic mass is 19.4. The van der Waals surface area contributed by atoms with Gasteiger partial charge in [0.25, 0.3) is 11.7 Å². The van der Waals surface area contributed by atoms with Crippen LogP contribution >= 0.6 is 0 Å². The Hall–Kier alpha value is -3.17. The fourth-order valence-electron chi connectivity index (χ4n) is 3.64. The van der Waals surface area contributed by atoms with E-state index in [2.05, 4.69) is 10.4 Å². The number of aryl methyl sites for hydroxylation is 1. The second kappa shape index (κ2) is 8.91. The van der Waals surface area contributed by atoms with Gasteiger partial charge >= 0.3 is 6.18 Å². The van der Waals surface area contributed by atoms with E-state index in [0.717, 1.165) is 25.0 Å². The predicted octanol–water partition coefficient (Wildman–Crippen LogP) is 2.82. The molecule has 1 aliphatic heterocycles. The van der Waals surface area contributed by atoms with E-state index >= 15 is 0 Å². The van der Waals surface area contributed by atoms with Crippen LogP contribution in [0, 0.1) is 13.8 Å². The molecule has 3 rings (SSSR count). The number of Topliss-reactive ketones (excluding diaryl/α,β-unsaturated/α-hetero) is 1. The molecule has 0 atom stereocenters. The Morgan fingerprint density at radius 3 is 2.45 bits per heavy atom. The van der Waals surface area contributed by atoms with E-state index in [4.69, 9.17) is 0 Å². The number of carbonyl (C=O) groups is 3. The van der Waals surface area contributed by atoms with E-state index in [0.29, 0.717) is 13.1 Å². The van der Waals surface area contributed by atoms with E-state index in [1.54, 1.807) is 4.90 Å². The number of rotatable bonds is 6. The van der Waals surface area contributed by atoms with Crippen molar-refractivity contribution in [1.82, 2.24) is 20.0 Å². The van der Waals surface area contributed by atoms with Gasteiger partial charge in [-0.25, -0.2) is 4.68 Å². The summed E-state index contributed by atoms with van der Waals surface area (Å²) in [6.45, 7) is 4.46. The quantitative estimate of drug-likeness (QED) is 0.558. The van der Waals surface area contributed by atoms with Crippen molar-refractivity contribution in [2.75, 3.05) is 19.6 Å². The number of benzene rings is 1. The zero-order valence-electron chi connectivity index (χ0n) is 17.3. The van der Waals surface area contributed by atoms with Crippen molar-refractivity contribution in [3.63, 3.8) is 0 Å². The predicted molar refractivity (Wildman–Crippen MR) is 106 cm³/mol. The third kappa shape index (κ3) is 4.95. The highest BCUT2D eigenvalue weighted by molar-refractivity contribution is 6.43. The molecule has 0 spiro atoms. The van der Waals surface area contributed by atoms with Gasteiger partial charge in [0.05, 0.1) is 28.2 Å². The van der Waals surface area contributed by atoms with Gasteiger partial charge in [0.2, 0.25) is 5.91 Å². The summed E-state index contributed by atoms with van der Waals surface area (Å²) in [4.78, 5) is 38.7. The lowest BCUT2D eigenvalue weighted by molar-refractivity contribution is -0.137. The smallest absolute Gasteiger partial charge is 0.349 e. The number of carbonyl (C=O) groups excluding carboxylic acids is 3. The first-order valence-electron chi connectivity index (χ1n) is 9.93. The van der Waals surface area contributed by atoms with Gasteiger partial charge in [-0.2, -0.15) is 18.3 Å². The monoisotopic (exact) mass is 436 g/mol. The molecule has 1 aromatic heterocycles. The number of halogens is 3. The number of ketones is 1. The second-order valence-corrected chi connectivity index (χ2v) is 7.43. The summed E-state index contributed by atoms with van der Waals surface area (Å²) < 4.78 is 40.2. The van der Waals surface area contributed by atoms with E-state index in [1.807, 2.05) is 0 Å². The minimum atomic E-state index is -4.52. The zero-order chi connectivity index (χ0) is 22.8. The van der Waals surface area contributed by atoms with Crippen LogP contribution in [0.2, 0.25) is 0 Å². The second-order valence-electron chi connectivity index (χ2n) is 7.43. The number of likely N-dealkylation sites (tertiary alicyclic amines) is 1. The normalized spacial score (nSPS) is 14.0. The minimum Gasteiger partial charge on any atom is -0.349 e. The van der Waals surface area contributed by atoms with Gasteiger partial charge in [0, 0.05) is 26.1 Å². The van der Waals surface area contributed by atoms with Gasteiger partial charge in [-0.05, 0) is 44.9 Å². The maximum Gasteiger partial charge on any atom is 0.416 e. The van der Waals surface area contributed by atoms with Gasteiger partial charge in [0.15, 0.2) is 0 Å². The standard InChI is InChI=1S/C21H23F3N4O3/c1-13-18(19(30)20(31)25-9-8-17(29)27-10-3-4-11-27)14(2)28(26-13)16-7-5-6-15(12-16)21(22,23)24/h5-7,12H,3-4,8-11H2,1-2H3,(H,25,31). The molecule has 1 saturated heterocycles. The van der Waals surface area contributed by atoms with Crippen molar-refractivity contribution in [1.29, 1.82) is 0 Å². The maximum atomic E-state index is 13.0. The van der Waals surface area contributed by atoms with Crippen LogP contribution in [0.3, 0.4) is 0 Å². The number of nitrogens with one attached hydrogen (secondary N) is 1. The zero-order valence-corrected chi connectivity index (χ0v) is 17.3. The number of hydrogen-bond acceptors (Lipinski definition) is 4. The maximum absolute atomic E-state index is 13.0. The average Bonchev–Trinajstić information content (AvgIpc) is 3.35. The van der Waals surface area contributed by atoms with Crippen LogP contribution in [0.25, 0.3) is 5.69 Å². The van der Waals surface area contributed by atoms with E-state index in [9.17, 15) is 27.6 Å². The van der Waals surface area contributed by atoms with Gasteiger partial charge in [0.1, 0.15) is 0 Å². The molecule has 1 N–H and O–H groups in total. The molecular weight excluding hydrogens is 413 g/mol. The third-order valence-electron chi connectivity index (χ3n) is 5.23. The van der Waals surface area contributed by atoms with E-state index < -0.39 is 23.4 Å². The van der Waals surface area contributed by atoms with Crippen LogP contribution in [0.1, 0.15) is 46.6 Å².